The van der Waals surface area contributed by atoms with E-state index < -0.39 is 0 Å². The van der Waals surface area contributed by atoms with Gasteiger partial charge in [0.25, 0.3) is 0 Å². The van der Waals surface area contributed by atoms with Gasteiger partial charge in [0.05, 0.1) is 12.8 Å². The molecule has 0 amide bonds. The highest BCUT2D eigenvalue weighted by molar-refractivity contribution is 6.30. The molecule has 0 fully saturated rings. The molecule has 112 valence electrons. The molecular formula is C14H18ClN5O. The number of halogens is 1. The van der Waals surface area contributed by atoms with Crippen molar-refractivity contribution in [3.63, 3.8) is 0 Å². The monoisotopic (exact) mass is 307 g/mol. The third-order valence-electron chi connectivity index (χ3n) is 2.76. The molecule has 0 aliphatic carbocycles. The molecule has 1 heterocycles. The number of aromatic nitrogens is 3. The molecule has 0 radical (unpaired) electrons. The van der Waals surface area contributed by atoms with Gasteiger partial charge >= 0.3 is 0 Å². The summed E-state index contributed by atoms with van der Waals surface area (Å²) >= 11 is 5.95. The van der Waals surface area contributed by atoms with Crippen LogP contribution in [0.3, 0.4) is 0 Å². The number of methoxy groups -OCH3 is 1. The zero-order chi connectivity index (χ0) is 14.9. The molecule has 6 nitrogen and oxygen atoms in total. The first-order valence-corrected chi connectivity index (χ1v) is 7.06. The van der Waals surface area contributed by atoms with Crippen molar-refractivity contribution in [2.24, 2.45) is 0 Å². The number of hydrogen-bond acceptors (Lipinski definition) is 6. The van der Waals surface area contributed by atoms with Gasteiger partial charge in [-0.3, -0.25) is 0 Å². The molecule has 0 aliphatic heterocycles. The molecule has 2 rings (SSSR count). The second kappa shape index (κ2) is 8.39. The summed E-state index contributed by atoms with van der Waals surface area (Å²) < 4.78 is 4.96. The van der Waals surface area contributed by atoms with Crippen molar-refractivity contribution in [3.8, 4) is 0 Å². The number of rotatable bonds is 8. The minimum atomic E-state index is 0.499. The van der Waals surface area contributed by atoms with E-state index in [4.69, 9.17) is 16.3 Å². The Morgan fingerprint density at radius 3 is 2.95 bits per heavy atom. The summed E-state index contributed by atoms with van der Waals surface area (Å²) in [5, 5.41) is 14.8. The molecular weight excluding hydrogens is 290 g/mol. The molecule has 0 bridgehead atoms. The normalized spacial score (nSPS) is 10.4. The molecule has 2 aromatic rings. The van der Waals surface area contributed by atoms with Gasteiger partial charge in [0.1, 0.15) is 0 Å². The fraction of sp³-hybridized carbons (Fsp3) is 0.357. The number of benzene rings is 1. The Morgan fingerprint density at radius 2 is 2.14 bits per heavy atom. The summed E-state index contributed by atoms with van der Waals surface area (Å²) in [5.41, 5.74) is 1.16. The van der Waals surface area contributed by atoms with Gasteiger partial charge in [-0.05, 0) is 24.1 Å². The van der Waals surface area contributed by atoms with Gasteiger partial charge in [-0.25, -0.2) is 0 Å². The largest absolute Gasteiger partial charge is 0.383 e. The van der Waals surface area contributed by atoms with E-state index in [0.717, 1.165) is 17.0 Å². The van der Waals surface area contributed by atoms with Gasteiger partial charge in [-0.1, -0.05) is 23.7 Å². The van der Waals surface area contributed by atoms with Crippen molar-refractivity contribution in [1.82, 2.24) is 15.2 Å². The molecule has 2 N–H and O–H groups in total. The van der Waals surface area contributed by atoms with E-state index in [0.29, 0.717) is 31.5 Å². The van der Waals surface area contributed by atoms with Crippen LogP contribution in [0.25, 0.3) is 0 Å². The van der Waals surface area contributed by atoms with Crippen LogP contribution in [0.4, 0.5) is 11.8 Å². The van der Waals surface area contributed by atoms with E-state index >= 15 is 0 Å². The molecule has 0 saturated carbocycles. The SMILES string of the molecule is COCCNc1cnnc(NCCc2cccc(Cl)c2)n1. The summed E-state index contributed by atoms with van der Waals surface area (Å²) in [6.45, 7) is 2.00. The predicted octanol–water partition coefficient (Wildman–Crippen LogP) is 2.24. The second-order valence-electron chi connectivity index (χ2n) is 4.39. The minimum absolute atomic E-state index is 0.499. The second-order valence-corrected chi connectivity index (χ2v) is 4.83. The van der Waals surface area contributed by atoms with Gasteiger partial charge in [0.2, 0.25) is 5.95 Å². The van der Waals surface area contributed by atoms with Crippen molar-refractivity contribution >= 4 is 23.4 Å². The summed E-state index contributed by atoms with van der Waals surface area (Å²) in [6, 6.07) is 7.79. The zero-order valence-corrected chi connectivity index (χ0v) is 12.6. The highest BCUT2D eigenvalue weighted by atomic mass is 35.5. The molecule has 7 heteroatoms. The van der Waals surface area contributed by atoms with Crippen LogP contribution in [0.5, 0.6) is 0 Å². The average Bonchev–Trinajstić information content (AvgIpc) is 2.48. The van der Waals surface area contributed by atoms with E-state index in [-0.39, 0.29) is 0 Å². The lowest BCUT2D eigenvalue weighted by molar-refractivity contribution is 0.210. The van der Waals surface area contributed by atoms with Crippen LogP contribution in [-0.4, -0.2) is 42.0 Å². The quantitative estimate of drug-likeness (QED) is 0.729. The maximum Gasteiger partial charge on any atom is 0.244 e. The number of ether oxygens (including phenoxy) is 1. The highest BCUT2D eigenvalue weighted by Crippen LogP contribution is 2.11. The van der Waals surface area contributed by atoms with Crippen molar-refractivity contribution in [1.29, 1.82) is 0 Å². The molecule has 0 atom stereocenters. The van der Waals surface area contributed by atoms with E-state index in [9.17, 15) is 0 Å². The Hall–Kier alpha value is -1.92. The lowest BCUT2D eigenvalue weighted by Crippen LogP contribution is -2.12. The fourth-order valence-corrected chi connectivity index (χ4v) is 1.97. The summed E-state index contributed by atoms with van der Waals surface area (Å²) in [5.74, 6) is 1.17. The van der Waals surface area contributed by atoms with Gasteiger partial charge in [-0.15, -0.1) is 5.10 Å². The van der Waals surface area contributed by atoms with Crippen molar-refractivity contribution in [2.45, 2.75) is 6.42 Å². The van der Waals surface area contributed by atoms with Gasteiger partial charge in [-0.2, -0.15) is 10.1 Å². The topological polar surface area (TPSA) is 72.0 Å². The van der Waals surface area contributed by atoms with E-state index in [1.807, 2.05) is 24.3 Å². The molecule has 0 spiro atoms. The Bertz CT molecular complexity index is 567. The van der Waals surface area contributed by atoms with Crippen LogP contribution < -0.4 is 10.6 Å². The van der Waals surface area contributed by atoms with Crippen molar-refractivity contribution in [3.05, 3.63) is 41.0 Å². The highest BCUT2D eigenvalue weighted by Gasteiger charge is 2.00. The fourth-order valence-electron chi connectivity index (χ4n) is 1.76. The maximum atomic E-state index is 5.95. The number of hydrogen-bond donors (Lipinski definition) is 2. The molecule has 0 unspecified atom stereocenters. The first kappa shape index (κ1) is 15.5. The number of nitrogens with one attached hydrogen (secondary N) is 2. The van der Waals surface area contributed by atoms with Crippen LogP contribution in [-0.2, 0) is 11.2 Å². The van der Waals surface area contributed by atoms with E-state index in [1.165, 1.54) is 0 Å². The summed E-state index contributed by atoms with van der Waals surface area (Å²) in [6.07, 6.45) is 2.42. The van der Waals surface area contributed by atoms with Crippen molar-refractivity contribution < 1.29 is 4.74 Å². The first-order valence-electron chi connectivity index (χ1n) is 6.69. The van der Waals surface area contributed by atoms with E-state index in [2.05, 4.69) is 25.8 Å². The maximum absolute atomic E-state index is 5.95. The Kier molecular flexibility index (Phi) is 6.18. The lowest BCUT2D eigenvalue weighted by atomic mass is 10.1. The van der Waals surface area contributed by atoms with Gasteiger partial charge < -0.3 is 15.4 Å². The molecule has 21 heavy (non-hydrogen) atoms. The molecule has 1 aromatic carbocycles. The van der Waals surface area contributed by atoms with Gasteiger partial charge in [0.15, 0.2) is 5.82 Å². The summed E-state index contributed by atoms with van der Waals surface area (Å²) in [4.78, 5) is 4.32. The Labute approximate surface area is 128 Å². The van der Waals surface area contributed by atoms with Crippen LogP contribution >= 0.6 is 11.6 Å². The van der Waals surface area contributed by atoms with Crippen molar-refractivity contribution in [2.75, 3.05) is 37.4 Å². The minimum Gasteiger partial charge on any atom is -0.383 e. The van der Waals surface area contributed by atoms with Crippen LogP contribution in [0.1, 0.15) is 5.56 Å². The number of anilines is 2. The predicted molar refractivity (Wildman–Crippen MR) is 83.8 cm³/mol. The lowest BCUT2D eigenvalue weighted by Gasteiger charge is -2.07. The van der Waals surface area contributed by atoms with Crippen LogP contribution in [0.2, 0.25) is 5.02 Å². The van der Waals surface area contributed by atoms with Crippen LogP contribution in [0.15, 0.2) is 30.5 Å². The smallest absolute Gasteiger partial charge is 0.244 e. The molecule has 0 aliphatic rings. The molecule has 0 saturated heterocycles. The van der Waals surface area contributed by atoms with Gasteiger partial charge in [0, 0.05) is 25.2 Å². The first-order chi connectivity index (χ1) is 10.3. The Morgan fingerprint density at radius 1 is 1.24 bits per heavy atom. The summed E-state index contributed by atoms with van der Waals surface area (Å²) in [7, 11) is 1.66. The third-order valence-corrected chi connectivity index (χ3v) is 2.99. The molecule has 1 aromatic heterocycles. The van der Waals surface area contributed by atoms with E-state index in [1.54, 1.807) is 13.3 Å². The average molecular weight is 308 g/mol. The Balaban J connectivity index is 1.81. The zero-order valence-electron chi connectivity index (χ0n) is 11.8. The third kappa shape index (κ3) is 5.53. The standard InChI is InChI=1S/C14H18ClN5O/c1-21-8-7-16-13-10-18-20-14(19-13)17-6-5-11-3-2-4-12(15)9-11/h2-4,9-10H,5-8H2,1H3,(H2,16,17,19,20). The van der Waals surface area contributed by atoms with Crippen LogP contribution in [0, 0.1) is 0 Å². The number of nitrogens with zero attached hydrogens (tertiary/aromatic N) is 3.